The monoisotopic (exact) mass is 258 g/mol. The van der Waals surface area contributed by atoms with E-state index in [-0.39, 0.29) is 18.5 Å². The highest BCUT2D eigenvalue weighted by Crippen LogP contribution is 2.22. The molecule has 1 aliphatic rings. The number of carboxylic acid groups (broad SMARTS) is 1. The minimum Gasteiger partial charge on any atom is -0.479 e. The summed E-state index contributed by atoms with van der Waals surface area (Å²) in [6, 6.07) is -0.197. The lowest BCUT2D eigenvalue weighted by molar-refractivity contribution is -0.156. The number of ether oxygens (including phenoxy) is 1. The van der Waals surface area contributed by atoms with Gasteiger partial charge in [0.2, 0.25) is 5.91 Å². The van der Waals surface area contributed by atoms with Crippen LogP contribution in [0.15, 0.2) is 0 Å². The lowest BCUT2D eigenvalue weighted by Gasteiger charge is -2.27. The van der Waals surface area contributed by atoms with Gasteiger partial charge in [-0.05, 0) is 26.7 Å². The van der Waals surface area contributed by atoms with E-state index in [0.29, 0.717) is 12.8 Å². The highest BCUT2D eigenvalue weighted by Gasteiger charge is 2.37. The van der Waals surface area contributed by atoms with Crippen LogP contribution >= 0.6 is 0 Å². The molecule has 2 unspecified atom stereocenters. The molecule has 18 heavy (non-hydrogen) atoms. The Morgan fingerprint density at radius 1 is 1.33 bits per heavy atom. The summed E-state index contributed by atoms with van der Waals surface area (Å²) in [7, 11) is 0. The predicted octanol–water partition coefficient (Wildman–Crippen LogP) is -0.659. The molecule has 1 heterocycles. The molecule has 7 nitrogen and oxygen atoms in total. The smallest absolute Gasteiger partial charge is 0.332 e. The third-order valence-electron chi connectivity index (χ3n) is 2.80. The summed E-state index contributed by atoms with van der Waals surface area (Å²) in [5.41, 5.74) is 5.08. The number of hydrogen-bond donors (Lipinski definition) is 2. The fraction of sp³-hybridized carbons (Fsp3) is 0.727. The van der Waals surface area contributed by atoms with Crippen molar-refractivity contribution in [1.29, 1.82) is 0 Å². The normalized spacial score (nSPS) is 23.1. The molecule has 0 saturated carbocycles. The molecule has 0 aromatic heterocycles. The Morgan fingerprint density at radius 3 is 2.28 bits per heavy atom. The number of carboxylic acids is 1. The molecule has 0 aliphatic carbocycles. The summed E-state index contributed by atoms with van der Waals surface area (Å²) < 4.78 is 5.15. The van der Waals surface area contributed by atoms with Gasteiger partial charge in [-0.1, -0.05) is 0 Å². The molecule has 1 saturated heterocycles. The van der Waals surface area contributed by atoms with Crippen LogP contribution in [0.5, 0.6) is 0 Å². The van der Waals surface area contributed by atoms with E-state index in [4.69, 9.17) is 15.6 Å². The van der Waals surface area contributed by atoms with Gasteiger partial charge in [0.25, 0.3) is 5.91 Å². The van der Waals surface area contributed by atoms with Gasteiger partial charge in [0.15, 0.2) is 6.10 Å². The van der Waals surface area contributed by atoms with Gasteiger partial charge in [-0.15, -0.1) is 0 Å². The number of primary amides is 1. The molecule has 1 rings (SSSR count). The van der Waals surface area contributed by atoms with Crippen LogP contribution in [0.1, 0.15) is 26.7 Å². The Morgan fingerprint density at radius 2 is 1.89 bits per heavy atom. The topological polar surface area (TPSA) is 110 Å². The van der Waals surface area contributed by atoms with E-state index in [1.54, 1.807) is 13.8 Å². The van der Waals surface area contributed by atoms with Gasteiger partial charge >= 0.3 is 5.97 Å². The Labute approximate surface area is 105 Å². The molecule has 2 atom stereocenters. The first-order valence-corrected chi connectivity index (χ1v) is 5.80. The van der Waals surface area contributed by atoms with E-state index < -0.39 is 24.1 Å². The Balaban J connectivity index is 2.67. The standard InChI is InChI=1S/C11H18N2O5/c1-6(2)13(5-9(12)14)10(15)7-3-4-8(18-7)11(16)17/h6-8H,3-5H2,1-2H3,(H2,12,14)(H,16,17). The van der Waals surface area contributed by atoms with Gasteiger partial charge < -0.3 is 20.5 Å². The largest absolute Gasteiger partial charge is 0.479 e. The first-order valence-electron chi connectivity index (χ1n) is 5.80. The highest BCUT2D eigenvalue weighted by molar-refractivity contribution is 5.87. The Hall–Kier alpha value is -1.63. The van der Waals surface area contributed by atoms with Crippen molar-refractivity contribution >= 4 is 17.8 Å². The van der Waals surface area contributed by atoms with E-state index in [2.05, 4.69) is 0 Å². The lowest BCUT2D eigenvalue weighted by atomic mass is 10.1. The van der Waals surface area contributed by atoms with Gasteiger partial charge in [0, 0.05) is 6.04 Å². The van der Waals surface area contributed by atoms with E-state index in [0.717, 1.165) is 0 Å². The molecule has 0 bridgehead atoms. The summed E-state index contributed by atoms with van der Waals surface area (Å²) >= 11 is 0. The second kappa shape index (κ2) is 5.81. The van der Waals surface area contributed by atoms with E-state index in [1.807, 2.05) is 0 Å². The maximum absolute atomic E-state index is 12.1. The molecular weight excluding hydrogens is 240 g/mol. The van der Waals surface area contributed by atoms with Crippen molar-refractivity contribution in [3.8, 4) is 0 Å². The van der Waals surface area contributed by atoms with Crippen molar-refractivity contribution in [2.45, 2.75) is 44.9 Å². The van der Waals surface area contributed by atoms with E-state index >= 15 is 0 Å². The minimum atomic E-state index is -1.07. The van der Waals surface area contributed by atoms with Crippen molar-refractivity contribution in [3.63, 3.8) is 0 Å². The third kappa shape index (κ3) is 3.43. The zero-order chi connectivity index (χ0) is 13.9. The van der Waals surface area contributed by atoms with Gasteiger partial charge in [-0.3, -0.25) is 9.59 Å². The van der Waals surface area contributed by atoms with Crippen LogP contribution in [0.25, 0.3) is 0 Å². The van der Waals surface area contributed by atoms with Crippen molar-refractivity contribution in [2.24, 2.45) is 5.73 Å². The summed E-state index contributed by atoms with van der Waals surface area (Å²) in [6.45, 7) is 3.32. The molecule has 0 spiro atoms. The number of carbonyl (C=O) groups is 3. The second-order valence-electron chi connectivity index (χ2n) is 4.56. The van der Waals surface area contributed by atoms with Crippen LogP contribution in [-0.4, -0.2) is 52.6 Å². The molecule has 7 heteroatoms. The fourth-order valence-corrected chi connectivity index (χ4v) is 1.87. The van der Waals surface area contributed by atoms with Crippen LogP contribution < -0.4 is 5.73 Å². The molecule has 0 aromatic carbocycles. The van der Waals surface area contributed by atoms with Crippen molar-refractivity contribution in [3.05, 3.63) is 0 Å². The van der Waals surface area contributed by atoms with Gasteiger partial charge in [0.1, 0.15) is 6.10 Å². The van der Waals surface area contributed by atoms with Gasteiger partial charge in [0.05, 0.1) is 6.54 Å². The average molecular weight is 258 g/mol. The highest BCUT2D eigenvalue weighted by atomic mass is 16.5. The van der Waals surface area contributed by atoms with Crippen LogP contribution in [0.4, 0.5) is 0 Å². The van der Waals surface area contributed by atoms with Crippen LogP contribution in [0.3, 0.4) is 0 Å². The molecule has 2 amide bonds. The summed E-state index contributed by atoms with van der Waals surface area (Å²) in [4.78, 5) is 35.0. The summed E-state index contributed by atoms with van der Waals surface area (Å²) in [5, 5.41) is 8.78. The quantitative estimate of drug-likeness (QED) is 0.680. The average Bonchev–Trinajstić information content (AvgIpc) is 2.73. The molecule has 1 fully saturated rings. The molecule has 0 aromatic rings. The number of aliphatic carboxylic acids is 1. The van der Waals surface area contributed by atoms with Crippen LogP contribution in [0.2, 0.25) is 0 Å². The van der Waals surface area contributed by atoms with Crippen LogP contribution in [-0.2, 0) is 19.1 Å². The zero-order valence-corrected chi connectivity index (χ0v) is 10.5. The number of hydrogen-bond acceptors (Lipinski definition) is 4. The predicted molar refractivity (Wildman–Crippen MR) is 61.6 cm³/mol. The molecule has 1 aliphatic heterocycles. The second-order valence-corrected chi connectivity index (χ2v) is 4.56. The van der Waals surface area contributed by atoms with Crippen LogP contribution in [0, 0.1) is 0 Å². The number of nitrogens with two attached hydrogens (primary N) is 1. The Bertz CT molecular complexity index is 355. The summed E-state index contributed by atoms with van der Waals surface area (Å²) in [5.74, 6) is -2.06. The molecule has 3 N–H and O–H groups in total. The van der Waals surface area contributed by atoms with Gasteiger partial charge in [-0.25, -0.2) is 4.79 Å². The van der Waals surface area contributed by atoms with E-state index in [1.165, 1.54) is 4.90 Å². The maximum atomic E-state index is 12.1. The van der Waals surface area contributed by atoms with Crippen molar-refractivity contribution in [2.75, 3.05) is 6.54 Å². The number of rotatable bonds is 5. The first-order chi connectivity index (χ1) is 8.32. The SMILES string of the molecule is CC(C)N(CC(N)=O)C(=O)C1CCC(C(=O)O)O1. The van der Waals surface area contributed by atoms with Crippen molar-refractivity contribution < 1.29 is 24.2 Å². The third-order valence-corrected chi connectivity index (χ3v) is 2.80. The van der Waals surface area contributed by atoms with E-state index in [9.17, 15) is 14.4 Å². The van der Waals surface area contributed by atoms with Crippen molar-refractivity contribution in [1.82, 2.24) is 4.90 Å². The number of nitrogens with zero attached hydrogens (tertiary/aromatic N) is 1. The number of amides is 2. The van der Waals surface area contributed by atoms with Gasteiger partial charge in [-0.2, -0.15) is 0 Å². The Kier molecular flexibility index (Phi) is 4.66. The maximum Gasteiger partial charge on any atom is 0.332 e. The summed E-state index contributed by atoms with van der Waals surface area (Å²) in [6.07, 6.45) is -1.10. The molecule has 102 valence electrons. The molecule has 0 radical (unpaired) electrons. The lowest BCUT2D eigenvalue weighted by Crippen LogP contribution is -2.47. The zero-order valence-electron chi connectivity index (χ0n) is 10.5. The first kappa shape index (κ1) is 14.4. The molecular formula is C11H18N2O5. The minimum absolute atomic E-state index is 0.186. The fourth-order valence-electron chi connectivity index (χ4n) is 1.87. The number of carbonyl (C=O) groups excluding carboxylic acids is 2.